The van der Waals surface area contributed by atoms with E-state index >= 15 is 0 Å². The average Bonchev–Trinajstić information content (AvgIpc) is 2.14. The van der Waals surface area contributed by atoms with Crippen LogP contribution in [0.15, 0.2) is 12.2 Å². The Morgan fingerprint density at radius 1 is 1.58 bits per heavy atom. The average molecular weight is 169 g/mol. The molecule has 1 rings (SSSR count). The van der Waals surface area contributed by atoms with Gasteiger partial charge in [0.2, 0.25) is 0 Å². The maximum atomic E-state index is 5.64. The normalized spacial score (nSPS) is 22.9. The fourth-order valence-electron chi connectivity index (χ4n) is 1.38. The SMILES string of the molecule is CCNCCOC1C=CCCC1. The summed E-state index contributed by atoms with van der Waals surface area (Å²) in [6.45, 7) is 4.95. The van der Waals surface area contributed by atoms with Crippen molar-refractivity contribution in [2.45, 2.75) is 32.3 Å². The quantitative estimate of drug-likeness (QED) is 0.500. The van der Waals surface area contributed by atoms with Crippen LogP contribution in [0.25, 0.3) is 0 Å². The van der Waals surface area contributed by atoms with Gasteiger partial charge in [0.1, 0.15) is 0 Å². The van der Waals surface area contributed by atoms with Gasteiger partial charge in [-0.15, -0.1) is 0 Å². The van der Waals surface area contributed by atoms with Gasteiger partial charge in [0.05, 0.1) is 12.7 Å². The third-order valence-electron chi connectivity index (χ3n) is 2.07. The van der Waals surface area contributed by atoms with E-state index in [-0.39, 0.29) is 0 Å². The first-order chi connectivity index (χ1) is 5.93. The van der Waals surface area contributed by atoms with Gasteiger partial charge < -0.3 is 10.1 Å². The molecule has 0 aromatic carbocycles. The molecular formula is C10H19NO. The standard InChI is InChI=1S/C10H19NO/c1-2-11-8-9-12-10-6-4-3-5-7-10/h4,6,10-11H,2-3,5,7-9H2,1H3. The van der Waals surface area contributed by atoms with Crippen LogP contribution >= 0.6 is 0 Å². The van der Waals surface area contributed by atoms with Crippen molar-refractivity contribution in [2.75, 3.05) is 19.7 Å². The molecule has 1 aliphatic carbocycles. The predicted molar refractivity (Wildman–Crippen MR) is 51.3 cm³/mol. The van der Waals surface area contributed by atoms with Crippen molar-refractivity contribution in [1.82, 2.24) is 5.32 Å². The highest BCUT2D eigenvalue weighted by molar-refractivity contribution is 4.93. The second kappa shape index (κ2) is 6.21. The van der Waals surface area contributed by atoms with Gasteiger partial charge in [0.15, 0.2) is 0 Å². The third kappa shape index (κ3) is 3.88. The molecule has 0 aliphatic heterocycles. The van der Waals surface area contributed by atoms with Crippen molar-refractivity contribution >= 4 is 0 Å². The first-order valence-corrected chi connectivity index (χ1v) is 4.92. The van der Waals surface area contributed by atoms with Gasteiger partial charge in [-0.05, 0) is 25.8 Å². The van der Waals surface area contributed by atoms with Gasteiger partial charge in [-0.2, -0.15) is 0 Å². The second-order valence-electron chi connectivity index (χ2n) is 3.12. The zero-order valence-corrected chi connectivity index (χ0v) is 7.88. The molecule has 1 aliphatic rings. The molecule has 0 aromatic rings. The lowest BCUT2D eigenvalue weighted by molar-refractivity contribution is 0.0775. The number of rotatable bonds is 5. The smallest absolute Gasteiger partial charge is 0.0756 e. The minimum absolute atomic E-state index is 0.386. The van der Waals surface area contributed by atoms with E-state index < -0.39 is 0 Å². The van der Waals surface area contributed by atoms with Gasteiger partial charge in [0.25, 0.3) is 0 Å². The Hall–Kier alpha value is -0.340. The van der Waals surface area contributed by atoms with Gasteiger partial charge in [0, 0.05) is 6.54 Å². The van der Waals surface area contributed by atoms with Crippen molar-refractivity contribution in [2.24, 2.45) is 0 Å². The van der Waals surface area contributed by atoms with Crippen molar-refractivity contribution in [3.8, 4) is 0 Å². The van der Waals surface area contributed by atoms with Gasteiger partial charge in [-0.1, -0.05) is 19.1 Å². The highest BCUT2D eigenvalue weighted by Crippen LogP contribution is 2.12. The van der Waals surface area contributed by atoms with E-state index in [4.69, 9.17) is 4.74 Å². The van der Waals surface area contributed by atoms with E-state index in [2.05, 4.69) is 24.4 Å². The van der Waals surface area contributed by atoms with Crippen molar-refractivity contribution < 1.29 is 4.74 Å². The van der Waals surface area contributed by atoms with Gasteiger partial charge in [-0.25, -0.2) is 0 Å². The molecule has 0 aromatic heterocycles. The van der Waals surface area contributed by atoms with Crippen LogP contribution < -0.4 is 5.32 Å². The maximum Gasteiger partial charge on any atom is 0.0756 e. The summed E-state index contributed by atoms with van der Waals surface area (Å²) in [5.41, 5.74) is 0. The molecule has 70 valence electrons. The van der Waals surface area contributed by atoms with E-state index in [1.54, 1.807) is 0 Å². The van der Waals surface area contributed by atoms with Crippen LogP contribution in [0.2, 0.25) is 0 Å². The topological polar surface area (TPSA) is 21.3 Å². The minimum Gasteiger partial charge on any atom is -0.373 e. The lowest BCUT2D eigenvalue weighted by Crippen LogP contribution is -2.22. The first-order valence-electron chi connectivity index (χ1n) is 4.92. The van der Waals surface area contributed by atoms with Crippen LogP contribution in [-0.4, -0.2) is 25.8 Å². The summed E-state index contributed by atoms with van der Waals surface area (Å²) in [4.78, 5) is 0. The van der Waals surface area contributed by atoms with Crippen molar-refractivity contribution in [3.05, 3.63) is 12.2 Å². The molecule has 0 heterocycles. The Bertz CT molecular complexity index is 134. The van der Waals surface area contributed by atoms with Crippen LogP contribution in [-0.2, 0) is 4.74 Å². The van der Waals surface area contributed by atoms with E-state index in [1.165, 1.54) is 19.3 Å². The summed E-state index contributed by atoms with van der Waals surface area (Å²) >= 11 is 0. The Balaban J connectivity index is 1.98. The summed E-state index contributed by atoms with van der Waals surface area (Å²) in [6, 6.07) is 0. The minimum atomic E-state index is 0.386. The lowest BCUT2D eigenvalue weighted by Gasteiger charge is -2.16. The Morgan fingerprint density at radius 3 is 3.17 bits per heavy atom. The molecule has 2 heteroatoms. The molecule has 0 fully saturated rings. The van der Waals surface area contributed by atoms with Crippen molar-refractivity contribution in [1.29, 1.82) is 0 Å². The Morgan fingerprint density at radius 2 is 2.50 bits per heavy atom. The summed E-state index contributed by atoms with van der Waals surface area (Å²) in [5.74, 6) is 0. The van der Waals surface area contributed by atoms with Crippen LogP contribution in [0.3, 0.4) is 0 Å². The number of nitrogens with one attached hydrogen (secondary N) is 1. The van der Waals surface area contributed by atoms with E-state index in [0.717, 1.165) is 19.7 Å². The number of likely N-dealkylation sites (N-methyl/N-ethyl adjacent to an activating group) is 1. The van der Waals surface area contributed by atoms with E-state index in [0.29, 0.717) is 6.10 Å². The van der Waals surface area contributed by atoms with Crippen LogP contribution in [0, 0.1) is 0 Å². The molecule has 2 nitrogen and oxygen atoms in total. The zero-order chi connectivity index (χ0) is 8.65. The first kappa shape index (κ1) is 9.75. The fourth-order valence-corrected chi connectivity index (χ4v) is 1.38. The summed E-state index contributed by atoms with van der Waals surface area (Å²) in [7, 11) is 0. The fraction of sp³-hybridized carbons (Fsp3) is 0.800. The number of hydrogen-bond acceptors (Lipinski definition) is 2. The Kier molecular flexibility index (Phi) is 5.04. The third-order valence-corrected chi connectivity index (χ3v) is 2.07. The molecule has 0 saturated carbocycles. The largest absolute Gasteiger partial charge is 0.373 e. The summed E-state index contributed by atoms with van der Waals surface area (Å²) in [6.07, 6.45) is 8.51. The van der Waals surface area contributed by atoms with E-state index in [9.17, 15) is 0 Å². The number of ether oxygens (including phenoxy) is 1. The summed E-state index contributed by atoms with van der Waals surface area (Å²) < 4.78 is 5.64. The van der Waals surface area contributed by atoms with Gasteiger partial charge >= 0.3 is 0 Å². The molecule has 0 bridgehead atoms. The maximum absolute atomic E-state index is 5.64. The number of allylic oxidation sites excluding steroid dienone is 1. The molecule has 0 amide bonds. The lowest BCUT2D eigenvalue weighted by atomic mass is 10.1. The second-order valence-corrected chi connectivity index (χ2v) is 3.12. The molecule has 1 unspecified atom stereocenters. The van der Waals surface area contributed by atoms with Crippen LogP contribution in [0.5, 0.6) is 0 Å². The van der Waals surface area contributed by atoms with Crippen molar-refractivity contribution in [3.63, 3.8) is 0 Å². The zero-order valence-electron chi connectivity index (χ0n) is 7.88. The Labute approximate surface area is 75.0 Å². The molecule has 1 N–H and O–H groups in total. The highest BCUT2D eigenvalue weighted by atomic mass is 16.5. The molecule has 0 saturated heterocycles. The number of hydrogen-bond donors (Lipinski definition) is 1. The van der Waals surface area contributed by atoms with E-state index in [1.807, 2.05) is 0 Å². The predicted octanol–water partition coefficient (Wildman–Crippen LogP) is 1.72. The summed E-state index contributed by atoms with van der Waals surface area (Å²) in [5, 5.41) is 3.24. The molecule has 1 atom stereocenters. The van der Waals surface area contributed by atoms with Crippen LogP contribution in [0.4, 0.5) is 0 Å². The molecule has 12 heavy (non-hydrogen) atoms. The highest BCUT2D eigenvalue weighted by Gasteiger charge is 2.06. The van der Waals surface area contributed by atoms with Gasteiger partial charge in [-0.3, -0.25) is 0 Å². The molecular weight excluding hydrogens is 150 g/mol. The van der Waals surface area contributed by atoms with Crippen LogP contribution in [0.1, 0.15) is 26.2 Å². The molecule has 0 spiro atoms. The molecule has 0 radical (unpaired) electrons. The monoisotopic (exact) mass is 169 g/mol.